The van der Waals surface area contributed by atoms with E-state index in [0.29, 0.717) is 29.0 Å². The highest BCUT2D eigenvalue weighted by Crippen LogP contribution is 2.21. The van der Waals surface area contributed by atoms with Crippen molar-refractivity contribution in [3.05, 3.63) is 40.3 Å². The van der Waals surface area contributed by atoms with Gasteiger partial charge in [-0.05, 0) is 38.2 Å². The molecule has 0 aliphatic heterocycles. The Morgan fingerprint density at radius 3 is 2.57 bits per heavy atom. The number of nitrogens with one attached hydrogen (secondary N) is 1. The van der Waals surface area contributed by atoms with Gasteiger partial charge in [0.25, 0.3) is 5.69 Å². The van der Waals surface area contributed by atoms with E-state index in [1.54, 1.807) is 19.2 Å². The van der Waals surface area contributed by atoms with Gasteiger partial charge in [0.15, 0.2) is 5.11 Å². The predicted molar refractivity (Wildman–Crippen MR) is 88.7 cm³/mol. The van der Waals surface area contributed by atoms with Crippen molar-refractivity contribution in [2.45, 2.75) is 26.4 Å². The van der Waals surface area contributed by atoms with Gasteiger partial charge in [-0.3, -0.25) is 10.1 Å². The molecule has 23 heavy (non-hydrogen) atoms. The van der Waals surface area contributed by atoms with Crippen molar-refractivity contribution >= 4 is 23.0 Å². The van der Waals surface area contributed by atoms with E-state index in [4.69, 9.17) is 16.6 Å². The first-order valence-corrected chi connectivity index (χ1v) is 7.38. The molecule has 1 aromatic carbocycles. The molecule has 0 fully saturated rings. The van der Waals surface area contributed by atoms with Gasteiger partial charge >= 0.3 is 0 Å². The van der Waals surface area contributed by atoms with E-state index < -0.39 is 4.92 Å². The number of non-ortho nitro benzene ring substituents is 1. The highest BCUT2D eigenvalue weighted by Gasteiger charge is 2.17. The molecule has 8 nitrogen and oxygen atoms in total. The number of aromatic nitrogens is 2. The lowest BCUT2D eigenvalue weighted by atomic mass is 10.2. The van der Waals surface area contributed by atoms with E-state index in [1.165, 1.54) is 12.1 Å². The Labute approximate surface area is 138 Å². The molecule has 0 aliphatic carbocycles. The molecule has 0 radical (unpaired) electrons. The fourth-order valence-electron chi connectivity index (χ4n) is 1.94. The third-order valence-electron chi connectivity index (χ3n) is 3.20. The highest BCUT2D eigenvalue weighted by atomic mass is 32.1. The number of thiocarbonyl (C=S) groups is 1. The third kappa shape index (κ3) is 4.01. The van der Waals surface area contributed by atoms with E-state index >= 15 is 0 Å². The van der Waals surface area contributed by atoms with Crippen LogP contribution in [0.15, 0.2) is 28.7 Å². The van der Waals surface area contributed by atoms with E-state index in [2.05, 4.69) is 15.5 Å². The molecule has 1 N–H and O–H groups in total. The van der Waals surface area contributed by atoms with Gasteiger partial charge < -0.3 is 14.6 Å². The summed E-state index contributed by atoms with van der Waals surface area (Å²) in [6.45, 7) is 4.41. The number of benzene rings is 1. The van der Waals surface area contributed by atoms with Crippen LogP contribution in [0, 0.1) is 10.1 Å². The Morgan fingerprint density at radius 2 is 2.04 bits per heavy atom. The third-order valence-corrected chi connectivity index (χ3v) is 3.63. The minimum atomic E-state index is -0.456. The average Bonchev–Trinajstić information content (AvgIpc) is 3.00. The van der Waals surface area contributed by atoms with Crippen LogP contribution >= 0.6 is 12.2 Å². The molecule has 2 aromatic rings. The molecule has 1 aromatic heterocycles. The molecule has 0 atom stereocenters. The monoisotopic (exact) mass is 335 g/mol. The van der Waals surface area contributed by atoms with Crippen LogP contribution in [0.1, 0.15) is 19.7 Å². The second-order valence-corrected chi connectivity index (χ2v) is 5.47. The minimum Gasteiger partial charge on any atom is -0.419 e. The fraction of sp³-hybridized carbons (Fsp3) is 0.357. The molecular formula is C14H17N5O3S. The number of hydrogen-bond donors (Lipinski definition) is 1. The zero-order valence-corrected chi connectivity index (χ0v) is 13.8. The van der Waals surface area contributed by atoms with Crippen molar-refractivity contribution in [1.82, 2.24) is 20.4 Å². The van der Waals surface area contributed by atoms with Gasteiger partial charge in [0, 0.05) is 30.8 Å². The molecule has 0 spiro atoms. The maximum atomic E-state index is 10.7. The summed E-state index contributed by atoms with van der Waals surface area (Å²) in [6, 6.07) is 6.12. The molecule has 0 unspecified atom stereocenters. The molecule has 0 saturated carbocycles. The SMILES string of the molecule is CNC(=S)N(Cc1nnc(-c2ccc([N+](=O)[O-])cc2)o1)C(C)C. The summed E-state index contributed by atoms with van der Waals surface area (Å²) in [6.07, 6.45) is 0. The normalized spacial score (nSPS) is 10.6. The quantitative estimate of drug-likeness (QED) is 0.505. The molecule has 0 saturated heterocycles. The van der Waals surface area contributed by atoms with Gasteiger partial charge in [0.1, 0.15) is 0 Å². The van der Waals surface area contributed by atoms with Crippen LogP contribution in [0.5, 0.6) is 0 Å². The summed E-state index contributed by atoms with van der Waals surface area (Å²) < 4.78 is 5.62. The molecule has 122 valence electrons. The van der Waals surface area contributed by atoms with Crippen molar-refractivity contribution in [1.29, 1.82) is 0 Å². The van der Waals surface area contributed by atoms with Crippen LogP contribution in [-0.2, 0) is 6.54 Å². The molecule has 9 heteroatoms. The second-order valence-electron chi connectivity index (χ2n) is 5.08. The Hall–Kier alpha value is -2.55. The van der Waals surface area contributed by atoms with Crippen LogP contribution in [0.4, 0.5) is 5.69 Å². The van der Waals surface area contributed by atoms with E-state index in [9.17, 15) is 10.1 Å². The fourth-order valence-corrected chi connectivity index (χ4v) is 2.21. The van der Waals surface area contributed by atoms with Gasteiger partial charge in [-0.15, -0.1) is 10.2 Å². The van der Waals surface area contributed by atoms with E-state index in [0.717, 1.165) is 0 Å². The summed E-state index contributed by atoms with van der Waals surface area (Å²) in [7, 11) is 1.76. The molecule has 0 amide bonds. The molecule has 1 heterocycles. The van der Waals surface area contributed by atoms with Crippen molar-refractivity contribution in [3.8, 4) is 11.5 Å². The zero-order chi connectivity index (χ0) is 17.0. The van der Waals surface area contributed by atoms with Gasteiger partial charge in [0.2, 0.25) is 11.8 Å². The van der Waals surface area contributed by atoms with Crippen LogP contribution in [0.25, 0.3) is 11.5 Å². The van der Waals surface area contributed by atoms with E-state index in [-0.39, 0.29) is 11.7 Å². The number of nitrogens with zero attached hydrogens (tertiary/aromatic N) is 4. The smallest absolute Gasteiger partial charge is 0.269 e. The Morgan fingerprint density at radius 1 is 1.39 bits per heavy atom. The minimum absolute atomic E-state index is 0.0128. The number of nitro groups is 1. The van der Waals surface area contributed by atoms with Crippen molar-refractivity contribution in [2.24, 2.45) is 0 Å². The number of nitro benzene ring substituents is 1. The summed E-state index contributed by atoms with van der Waals surface area (Å²) in [5.41, 5.74) is 0.639. The maximum absolute atomic E-state index is 10.7. The van der Waals surface area contributed by atoms with Crippen molar-refractivity contribution in [3.63, 3.8) is 0 Å². The topological polar surface area (TPSA) is 97.3 Å². The molecule has 0 aliphatic rings. The Balaban J connectivity index is 2.16. The van der Waals surface area contributed by atoms with Crippen molar-refractivity contribution < 1.29 is 9.34 Å². The lowest BCUT2D eigenvalue weighted by Gasteiger charge is -2.27. The molecule has 2 rings (SSSR count). The summed E-state index contributed by atoms with van der Waals surface area (Å²) >= 11 is 5.25. The van der Waals surface area contributed by atoms with Gasteiger partial charge in [-0.25, -0.2) is 0 Å². The van der Waals surface area contributed by atoms with Crippen molar-refractivity contribution in [2.75, 3.05) is 7.05 Å². The lowest BCUT2D eigenvalue weighted by Crippen LogP contribution is -2.41. The largest absolute Gasteiger partial charge is 0.419 e. The summed E-state index contributed by atoms with van der Waals surface area (Å²) in [4.78, 5) is 12.1. The average molecular weight is 335 g/mol. The molecule has 0 bridgehead atoms. The maximum Gasteiger partial charge on any atom is 0.269 e. The predicted octanol–water partition coefficient (Wildman–Crippen LogP) is 2.36. The van der Waals surface area contributed by atoms with E-state index in [1.807, 2.05) is 18.7 Å². The number of rotatable bonds is 5. The van der Waals surface area contributed by atoms with Crippen LogP contribution in [0.3, 0.4) is 0 Å². The zero-order valence-electron chi connectivity index (χ0n) is 13.0. The highest BCUT2D eigenvalue weighted by molar-refractivity contribution is 7.80. The lowest BCUT2D eigenvalue weighted by molar-refractivity contribution is -0.384. The second kappa shape index (κ2) is 7.14. The first-order chi connectivity index (χ1) is 10.9. The van der Waals surface area contributed by atoms with Gasteiger partial charge in [0.05, 0.1) is 11.5 Å². The van der Waals surface area contributed by atoms with Gasteiger partial charge in [-0.1, -0.05) is 0 Å². The summed E-state index contributed by atoms with van der Waals surface area (Å²) in [5, 5.41) is 22.2. The molecular weight excluding hydrogens is 318 g/mol. The van der Waals surface area contributed by atoms with Crippen LogP contribution in [0.2, 0.25) is 0 Å². The van der Waals surface area contributed by atoms with Gasteiger partial charge in [-0.2, -0.15) is 0 Å². The Bertz CT molecular complexity index is 699. The first kappa shape index (κ1) is 16.8. The van der Waals surface area contributed by atoms with Crippen LogP contribution in [-0.4, -0.2) is 38.2 Å². The first-order valence-electron chi connectivity index (χ1n) is 6.98. The summed E-state index contributed by atoms with van der Waals surface area (Å²) in [5.74, 6) is 0.735. The standard InChI is InChI=1S/C14H17N5O3S/c1-9(2)18(14(23)15-3)8-12-16-17-13(22-12)10-4-6-11(7-5-10)19(20)21/h4-7,9H,8H2,1-3H3,(H,15,23). The van der Waals surface area contributed by atoms with Crippen LogP contribution < -0.4 is 5.32 Å². The Kier molecular flexibility index (Phi) is 5.22. The number of hydrogen-bond acceptors (Lipinski definition) is 6.